The van der Waals surface area contributed by atoms with Gasteiger partial charge in [0, 0.05) is 40.1 Å². The summed E-state index contributed by atoms with van der Waals surface area (Å²) in [4.78, 5) is 17.1. The Balaban J connectivity index is 1.21. The number of hydrogen-bond donors (Lipinski definition) is 0. The van der Waals surface area contributed by atoms with Gasteiger partial charge in [-0.2, -0.15) is 0 Å². The van der Waals surface area contributed by atoms with Gasteiger partial charge in [-0.15, -0.1) is 0 Å². The molecule has 0 N–H and O–H groups in total. The van der Waals surface area contributed by atoms with Crippen LogP contribution in [-0.4, -0.2) is 22.5 Å². The molecule has 7 heteroatoms. The highest BCUT2D eigenvalue weighted by atomic mass is 28.4. The van der Waals surface area contributed by atoms with E-state index in [1.165, 1.54) is 20.7 Å². The minimum atomic E-state index is -3.04. The molecule has 10 rings (SSSR count). The van der Waals surface area contributed by atoms with Crippen molar-refractivity contribution in [2.45, 2.75) is 57.2 Å². The first-order chi connectivity index (χ1) is 31.4. The maximum absolute atomic E-state index is 15.1. The van der Waals surface area contributed by atoms with E-state index in [1.54, 1.807) is 0 Å². The third-order valence-corrected chi connectivity index (χ3v) is 23.3. The Morgan fingerprint density at radius 1 is 0.431 bits per heavy atom. The molecule has 0 bridgehead atoms. The Bertz CT molecular complexity index is 2770. The van der Waals surface area contributed by atoms with Gasteiger partial charge >= 0.3 is 16.6 Å². The van der Waals surface area contributed by atoms with E-state index >= 15 is 4.79 Å². The molecule has 322 valence electrons. The summed E-state index contributed by atoms with van der Waals surface area (Å²) in [6, 6.07) is 73.2. The second-order valence-electron chi connectivity index (χ2n) is 19.2. The Morgan fingerprint density at radius 2 is 0.785 bits per heavy atom. The molecule has 8 aromatic carbocycles. The quantitative estimate of drug-likeness (QED) is 0.136. The third kappa shape index (κ3) is 6.59. The fourth-order valence-corrected chi connectivity index (χ4v) is 19.4. The van der Waals surface area contributed by atoms with Gasteiger partial charge in [0.1, 0.15) is 28.5 Å². The zero-order valence-electron chi connectivity index (χ0n) is 37.8. The van der Waals surface area contributed by atoms with Crippen LogP contribution < -0.4 is 39.2 Å². The molecule has 65 heavy (non-hydrogen) atoms. The number of carbonyl (C=O) groups excluding carboxylic acids is 1. The maximum Gasteiger partial charge on any atom is 0.319 e. The van der Waals surface area contributed by atoms with Gasteiger partial charge in [0.2, 0.25) is 0 Å². The van der Waals surface area contributed by atoms with Crippen LogP contribution in [0.15, 0.2) is 212 Å². The number of carbonyl (C=O) groups is 1. The number of fused-ring (bicyclic) bond motifs is 6. The average Bonchev–Trinajstić information content (AvgIpc) is 3.58. The summed E-state index contributed by atoms with van der Waals surface area (Å²) in [7, 11) is -6.07. The summed E-state index contributed by atoms with van der Waals surface area (Å²) in [5.41, 5.74) is 2.93. The van der Waals surface area contributed by atoms with Gasteiger partial charge in [0.25, 0.3) is 5.91 Å². The molecule has 1 amide bonds. The lowest BCUT2D eigenvalue weighted by Gasteiger charge is -2.46. The van der Waals surface area contributed by atoms with Crippen LogP contribution in [0.4, 0.5) is 5.69 Å². The Morgan fingerprint density at radius 3 is 1.17 bits per heavy atom. The first-order valence-corrected chi connectivity index (χ1v) is 26.3. The van der Waals surface area contributed by atoms with E-state index in [0.717, 1.165) is 22.4 Å². The predicted molar refractivity (Wildman–Crippen MR) is 269 cm³/mol. The summed E-state index contributed by atoms with van der Waals surface area (Å²) in [6.07, 6.45) is 0. The van der Waals surface area contributed by atoms with Crippen LogP contribution in [0.1, 0.15) is 68.6 Å². The largest absolute Gasteiger partial charge is 0.534 e. The fourth-order valence-electron chi connectivity index (χ4n) is 10.6. The average molecular weight is 884 g/mol. The fraction of sp³-hybridized carbons (Fsp3) is 0.155. The van der Waals surface area contributed by atoms with E-state index in [4.69, 9.17) is 13.6 Å². The molecule has 0 saturated heterocycles. The van der Waals surface area contributed by atoms with Gasteiger partial charge in [-0.1, -0.05) is 199 Å². The van der Waals surface area contributed by atoms with Gasteiger partial charge < -0.3 is 13.6 Å². The first-order valence-electron chi connectivity index (χ1n) is 22.5. The van der Waals surface area contributed by atoms with Crippen molar-refractivity contribution in [2.75, 3.05) is 4.90 Å². The summed E-state index contributed by atoms with van der Waals surface area (Å²) in [5, 5.41) is 4.16. The standard InChI is InChI=1S/C58H53NO4Si2/c1-56(2,3)64(45-26-14-8-15-27-45,46-28-16-9-17-29-46)62-43-36-38-51-53(40-43)61-54-41-44(63-65(57(4,5)6,47-30-18-10-19-31-47)48-32-20-11-21-33-48)37-39-52(54)58(51)50-35-23-22-34-49(50)55(60)59(58)42-24-12-7-13-25-42/h7-41H,1-6H3. The van der Waals surface area contributed by atoms with Crippen molar-refractivity contribution in [1.29, 1.82) is 0 Å². The molecule has 0 aliphatic carbocycles. The molecule has 0 radical (unpaired) electrons. The predicted octanol–water partition coefficient (Wildman–Crippen LogP) is 11.6. The van der Waals surface area contributed by atoms with Crippen molar-refractivity contribution in [3.63, 3.8) is 0 Å². The van der Waals surface area contributed by atoms with Crippen LogP contribution in [0, 0.1) is 0 Å². The zero-order chi connectivity index (χ0) is 45.0. The van der Waals surface area contributed by atoms with Crippen molar-refractivity contribution in [2.24, 2.45) is 0 Å². The molecule has 8 aromatic rings. The molecular formula is C58H53NO4Si2. The maximum atomic E-state index is 15.1. The lowest BCUT2D eigenvalue weighted by Crippen LogP contribution is -2.68. The van der Waals surface area contributed by atoms with E-state index in [-0.39, 0.29) is 16.0 Å². The lowest BCUT2D eigenvalue weighted by molar-refractivity contribution is 0.0985. The highest BCUT2D eigenvalue weighted by Crippen LogP contribution is 2.59. The Labute approximate surface area is 385 Å². The highest BCUT2D eigenvalue weighted by Gasteiger charge is 2.58. The summed E-state index contributed by atoms with van der Waals surface area (Å²) in [6.45, 7) is 13.7. The van der Waals surface area contributed by atoms with Crippen LogP contribution in [0.25, 0.3) is 0 Å². The van der Waals surface area contributed by atoms with Crippen LogP contribution >= 0.6 is 0 Å². The van der Waals surface area contributed by atoms with Crippen LogP contribution in [0.3, 0.4) is 0 Å². The SMILES string of the molecule is CC(C)(C)[Si](Oc1ccc2c(c1)Oc1cc(O[Si](c3ccccc3)(c3ccccc3)C(C)(C)C)ccc1C21c2ccccc2C(=O)N1c1ccccc1)(c1ccccc1)c1ccccc1. The highest BCUT2D eigenvalue weighted by molar-refractivity contribution is 7.00. The molecule has 2 aliphatic heterocycles. The molecule has 0 fully saturated rings. The van der Waals surface area contributed by atoms with E-state index < -0.39 is 22.2 Å². The number of benzene rings is 8. The minimum Gasteiger partial charge on any atom is -0.534 e. The number of anilines is 1. The topological polar surface area (TPSA) is 48.0 Å². The van der Waals surface area contributed by atoms with E-state index in [9.17, 15) is 0 Å². The number of rotatable bonds is 9. The molecule has 1 spiro atoms. The normalized spacial score (nSPS) is 14.2. The molecule has 2 aliphatic rings. The molecule has 2 heterocycles. The number of para-hydroxylation sites is 1. The van der Waals surface area contributed by atoms with Crippen LogP contribution in [-0.2, 0) is 5.54 Å². The molecular weight excluding hydrogens is 831 g/mol. The van der Waals surface area contributed by atoms with Crippen LogP contribution in [0.2, 0.25) is 10.1 Å². The monoisotopic (exact) mass is 883 g/mol. The first kappa shape index (κ1) is 42.0. The van der Waals surface area contributed by atoms with Gasteiger partial charge in [-0.3, -0.25) is 9.69 Å². The molecule has 0 unspecified atom stereocenters. The smallest absolute Gasteiger partial charge is 0.319 e. The van der Waals surface area contributed by atoms with Crippen molar-refractivity contribution >= 4 is 49.0 Å². The van der Waals surface area contributed by atoms with Crippen LogP contribution in [0.5, 0.6) is 23.0 Å². The number of amides is 1. The lowest BCUT2D eigenvalue weighted by atomic mass is 9.74. The number of hydrogen-bond acceptors (Lipinski definition) is 4. The van der Waals surface area contributed by atoms with Gasteiger partial charge in [-0.05, 0) is 73.3 Å². The van der Waals surface area contributed by atoms with Crippen molar-refractivity contribution in [3.8, 4) is 23.0 Å². The summed E-state index contributed by atoms with van der Waals surface area (Å²) < 4.78 is 22.5. The van der Waals surface area contributed by atoms with Crippen molar-refractivity contribution < 1.29 is 18.4 Å². The second-order valence-corrected chi connectivity index (χ2v) is 27.6. The molecule has 0 atom stereocenters. The van der Waals surface area contributed by atoms with Gasteiger partial charge in [0.05, 0.1) is 0 Å². The Kier molecular flexibility index (Phi) is 10.3. The van der Waals surface area contributed by atoms with E-state index in [0.29, 0.717) is 28.6 Å². The van der Waals surface area contributed by atoms with Crippen molar-refractivity contribution in [3.05, 3.63) is 235 Å². The number of nitrogens with zero attached hydrogens (tertiary/aromatic N) is 1. The zero-order valence-corrected chi connectivity index (χ0v) is 39.8. The number of ether oxygens (including phenoxy) is 1. The molecule has 0 aromatic heterocycles. The van der Waals surface area contributed by atoms with E-state index in [1.807, 2.05) is 65.6 Å². The molecule has 5 nitrogen and oxygen atoms in total. The molecule has 0 saturated carbocycles. The Hall–Kier alpha value is -6.94. The second kappa shape index (κ2) is 15.9. The third-order valence-electron chi connectivity index (χ3n) is 13.4. The minimum absolute atomic E-state index is 0.0779. The van der Waals surface area contributed by atoms with Gasteiger partial charge in [-0.25, -0.2) is 0 Å². The van der Waals surface area contributed by atoms with Gasteiger partial charge in [0.15, 0.2) is 0 Å². The van der Waals surface area contributed by atoms with Crippen molar-refractivity contribution in [1.82, 2.24) is 0 Å². The summed E-state index contributed by atoms with van der Waals surface area (Å²) in [5.74, 6) is 2.54. The summed E-state index contributed by atoms with van der Waals surface area (Å²) >= 11 is 0. The van der Waals surface area contributed by atoms with E-state index in [2.05, 4.69) is 193 Å².